The van der Waals surface area contributed by atoms with Crippen LogP contribution in [0, 0.1) is 6.61 Å². The molecule has 0 bridgehead atoms. The van der Waals surface area contributed by atoms with Gasteiger partial charge >= 0.3 is 0 Å². The van der Waals surface area contributed by atoms with Crippen LogP contribution in [0.25, 0.3) is 0 Å². The average molecular weight is 86.1 g/mol. The summed E-state index contributed by atoms with van der Waals surface area (Å²) in [5.41, 5.74) is 2.14. The normalized spacial score (nSPS) is 20.0. The topological polar surface area (TPSA) is 30.5 Å². The molecule has 0 aromatic rings. The molecule has 1 aliphatic rings. The summed E-state index contributed by atoms with van der Waals surface area (Å²) in [6.07, 6.45) is 3.11. The lowest BCUT2D eigenvalue weighted by Gasteiger charge is -2.03. The maximum atomic E-state index is 4.39. The van der Waals surface area contributed by atoms with E-state index in [2.05, 4.69) is 15.3 Å². The molecule has 3 nitrogen and oxygen atoms in total. The first kappa shape index (κ1) is 3.64. The van der Waals surface area contributed by atoms with Gasteiger partial charge in [-0.1, -0.05) is 0 Å². The van der Waals surface area contributed by atoms with Crippen LogP contribution in [0.15, 0.2) is 12.3 Å². The van der Waals surface area contributed by atoms with Crippen molar-refractivity contribution in [2.75, 3.05) is 0 Å². The molecule has 0 saturated carbocycles. The van der Waals surface area contributed by atoms with E-state index in [-0.39, 0.29) is 0 Å². The van der Waals surface area contributed by atoms with Crippen LogP contribution in [-0.4, -0.2) is 0 Å². The van der Waals surface area contributed by atoms with Crippen LogP contribution >= 0.6 is 0 Å². The van der Waals surface area contributed by atoms with E-state index in [1.165, 1.54) is 12.9 Å². The second-order valence-electron chi connectivity index (χ2n) is 0.784. The van der Waals surface area contributed by atoms with Crippen LogP contribution in [0.1, 0.15) is 0 Å². The first-order valence-electron chi connectivity index (χ1n) is 1.55. The van der Waals surface area contributed by atoms with Gasteiger partial charge in [0.25, 0.3) is 0 Å². The van der Waals surface area contributed by atoms with Gasteiger partial charge in [0.2, 0.25) is 0 Å². The third-order valence-corrected chi connectivity index (χ3v) is 0.389. The molecule has 3 heteroatoms. The fourth-order valence-corrected chi connectivity index (χ4v) is 0.194. The van der Waals surface area contributed by atoms with Gasteiger partial charge < -0.3 is 4.84 Å². The van der Waals surface area contributed by atoms with E-state index in [0.717, 1.165) is 0 Å². The zero-order valence-corrected chi connectivity index (χ0v) is 3.05. The van der Waals surface area contributed by atoms with E-state index >= 15 is 0 Å². The Hall–Kier alpha value is -0.540. The summed E-state index contributed by atoms with van der Waals surface area (Å²) in [6, 6.07) is 0. The molecule has 1 aliphatic heterocycles. The number of nitrogens with one attached hydrogen (secondary N) is 1. The van der Waals surface area contributed by atoms with E-state index in [4.69, 9.17) is 0 Å². The Balaban J connectivity index is 2.26. The lowest BCUT2D eigenvalue weighted by atomic mass is 10.7. The minimum absolute atomic E-state index is 1.48. The van der Waals surface area contributed by atoms with Crippen molar-refractivity contribution in [2.24, 2.45) is 0 Å². The van der Waals surface area contributed by atoms with E-state index < -0.39 is 0 Å². The molecule has 1 heterocycles. The van der Waals surface area contributed by atoms with Gasteiger partial charge in [-0.2, -0.15) is 0 Å². The van der Waals surface area contributed by atoms with Crippen LogP contribution in [-0.2, 0) is 9.68 Å². The Bertz CT molecular complexity index is 53.8. The molecule has 0 aromatic carbocycles. The molecule has 0 spiro atoms. The highest BCUT2D eigenvalue weighted by atomic mass is 16.9. The zero-order chi connectivity index (χ0) is 4.24. The quantitative estimate of drug-likeness (QED) is 0.454. The monoisotopic (exact) mass is 86.0 g/mol. The predicted molar refractivity (Wildman–Crippen MR) is 18.7 cm³/mol. The second kappa shape index (κ2) is 1.79. The molecule has 0 aliphatic carbocycles. The third kappa shape index (κ3) is 0.702. The molecule has 0 aromatic heterocycles. The summed E-state index contributed by atoms with van der Waals surface area (Å²) in [4.78, 5) is 8.77. The van der Waals surface area contributed by atoms with E-state index in [9.17, 15) is 0 Å². The molecule has 33 valence electrons. The minimum atomic E-state index is 1.48. The average Bonchev–Trinajstić information content (AvgIpc) is 1.72. The molecule has 0 fully saturated rings. The molecule has 1 N–H and O–H groups in total. The molecule has 0 amide bonds. The Morgan fingerprint density at radius 1 is 1.33 bits per heavy atom. The van der Waals surface area contributed by atoms with Crippen molar-refractivity contribution in [1.82, 2.24) is 5.64 Å². The number of rotatable bonds is 0. The highest BCUT2D eigenvalue weighted by Gasteiger charge is 1.85. The van der Waals surface area contributed by atoms with Gasteiger partial charge in [0, 0.05) is 0 Å². The standard InChI is InChI=1S/C3H4NO2/c1-2-5-4-6-3-1/h1-4H. The fourth-order valence-electron chi connectivity index (χ4n) is 0.194. The first-order valence-corrected chi connectivity index (χ1v) is 1.55. The summed E-state index contributed by atoms with van der Waals surface area (Å²) in [7, 11) is 0. The number of hydrogen-bond donors (Lipinski definition) is 1. The van der Waals surface area contributed by atoms with E-state index in [0.29, 0.717) is 0 Å². The first-order chi connectivity index (χ1) is 3.00. The maximum absolute atomic E-state index is 4.39. The molecule has 1 rings (SSSR count). The summed E-state index contributed by atoms with van der Waals surface area (Å²) in [5.74, 6) is 0. The van der Waals surface area contributed by atoms with E-state index in [1.54, 1.807) is 6.08 Å². The predicted octanol–water partition coefficient (Wildman–Crippen LogP) is 0.128. The van der Waals surface area contributed by atoms with Gasteiger partial charge in [0.05, 0.1) is 0 Å². The molecule has 0 unspecified atom stereocenters. The lowest BCUT2D eigenvalue weighted by Crippen LogP contribution is -2.12. The van der Waals surface area contributed by atoms with Crippen LogP contribution in [0.3, 0.4) is 0 Å². The second-order valence-corrected chi connectivity index (χ2v) is 0.784. The van der Waals surface area contributed by atoms with Gasteiger partial charge in [-0.3, -0.25) is 4.84 Å². The van der Waals surface area contributed by atoms with Gasteiger partial charge in [-0.25, -0.2) is 0 Å². The Morgan fingerprint density at radius 3 is 2.50 bits per heavy atom. The molecule has 1 radical (unpaired) electrons. The van der Waals surface area contributed by atoms with E-state index in [1.807, 2.05) is 0 Å². The van der Waals surface area contributed by atoms with Crippen molar-refractivity contribution in [1.29, 1.82) is 0 Å². The third-order valence-electron chi connectivity index (χ3n) is 0.389. The van der Waals surface area contributed by atoms with Crippen LogP contribution in [0.4, 0.5) is 0 Å². The molecule has 6 heavy (non-hydrogen) atoms. The molecule has 0 atom stereocenters. The SMILES string of the molecule is [CH]1C=CONO1. The minimum Gasteiger partial charge on any atom is -0.391 e. The molecular weight excluding hydrogens is 82.0 g/mol. The lowest BCUT2D eigenvalue weighted by molar-refractivity contribution is -0.114. The Kier molecular flexibility index (Phi) is 1.09. The van der Waals surface area contributed by atoms with Crippen LogP contribution in [0.2, 0.25) is 0 Å². The Labute approximate surface area is 35.5 Å². The maximum Gasteiger partial charge on any atom is 0.136 e. The molecular formula is C3H4NO2. The largest absolute Gasteiger partial charge is 0.391 e. The summed E-state index contributed by atoms with van der Waals surface area (Å²) in [5, 5.41) is 0. The highest BCUT2D eigenvalue weighted by Crippen LogP contribution is 1.86. The van der Waals surface area contributed by atoms with Crippen molar-refractivity contribution in [3.05, 3.63) is 18.9 Å². The van der Waals surface area contributed by atoms with Crippen molar-refractivity contribution < 1.29 is 9.68 Å². The fraction of sp³-hybridized carbons (Fsp3) is 0. The zero-order valence-electron chi connectivity index (χ0n) is 3.05. The smallest absolute Gasteiger partial charge is 0.136 e. The number of hydrogen-bond acceptors (Lipinski definition) is 3. The highest BCUT2D eigenvalue weighted by molar-refractivity contribution is 4.83. The van der Waals surface area contributed by atoms with Crippen molar-refractivity contribution >= 4 is 0 Å². The summed E-state index contributed by atoms with van der Waals surface area (Å²) in [6.45, 7) is 1.48. The van der Waals surface area contributed by atoms with Crippen molar-refractivity contribution in [2.45, 2.75) is 0 Å². The van der Waals surface area contributed by atoms with Gasteiger partial charge in [-0.05, 0) is 11.7 Å². The summed E-state index contributed by atoms with van der Waals surface area (Å²) >= 11 is 0. The van der Waals surface area contributed by atoms with Gasteiger partial charge in [0.15, 0.2) is 0 Å². The Morgan fingerprint density at radius 2 is 2.33 bits per heavy atom. The van der Waals surface area contributed by atoms with Crippen molar-refractivity contribution in [3.63, 3.8) is 0 Å². The summed E-state index contributed by atoms with van der Waals surface area (Å²) < 4.78 is 0. The van der Waals surface area contributed by atoms with Gasteiger partial charge in [0.1, 0.15) is 12.9 Å². The van der Waals surface area contributed by atoms with Gasteiger partial charge in [-0.15, -0.1) is 0 Å². The van der Waals surface area contributed by atoms with Crippen molar-refractivity contribution in [3.8, 4) is 0 Å². The van der Waals surface area contributed by atoms with Crippen LogP contribution < -0.4 is 5.64 Å². The van der Waals surface area contributed by atoms with Crippen LogP contribution in [0.5, 0.6) is 0 Å². The molecule has 0 saturated heterocycles.